The molecule has 0 saturated heterocycles. The van der Waals surface area contributed by atoms with Gasteiger partial charge < -0.3 is 11.1 Å². The van der Waals surface area contributed by atoms with E-state index in [1.807, 2.05) is 6.92 Å². The zero-order chi connectivity index (χ0) is 11.3. The van der Waals surface area contributed by atoms with E-state index in [1.54, 1.807) is 0 Å². The maximum atomic E-state index is 11.4. The van der Waals surface area contributed by atoms with Gasteiger partial charge in [0.1, 0.15) is 0 Å². The first-order chi connectivity index (χ1) is 7.13. The molecule has 1 amide bonds. The molecule has 0 spiro atoms. The van der Waals surface area contributed by atoms with Gasteiger partial charge in [-0.1, -0.05) is 13.3 Å². The average Bonchev–Trinajstić information content (AvgIpc) is 2.22. The fourth-order valence-corrected chi connectivity index (χ4v) is 1.08. The van der Waals surface area contributed by atoms with Crippen molar-refractivity contribution in [2.75, 3.05) is 5.32 Å². The van der Waals surface area contributed by atoms with Crippen molar-refractivity contribution in [3.05, 3.63) is 22.5 Å². The summed E-state index contributed by atoms with van der Waals surface area (Å²) in [5.41, 5.74) is 5.28. The van der Waals surface area contributed by atoms with Gasteiger partial charge >= 0.3 is 0 Å². The largest absolute Gasteiger partial charge is 0.320 e. The predicted octanol–water partition coefficient (Wildman–Crippen LogP) is -0.164. The number of rotatable bonds is 4. The van der Waals surface area contributed by atoms with E-state index in [4.69, 9.17) is 5.73 Å². The third-order valence-corrected chi connectivity index (χ3v) is 1.87. The van der Waals surface area contributed by atoms with Crippen molar-refractivity contribution in [2.24, 2.45) is 5.73 Å². The van der Waals surface area contributed by atoms with E-state index >= 15 is 0 Å². The maximum absolute atomic E-state index is 11.4. The molecule has 0 aliphatic carbocycles. The lowest BCUT2D eigenvalue weighted by Crippen LogP contribution is -2.35. The molecular weight excluding hydrogens is 196 g/mol. The number of hydrogen-bond acceptors (Lipinski definition) is 4. The number of aromatic amines is 1. The summed E-state index contributed by atoms with van der Waals surface area (Å²) in [5, 5.41) is 8.36. The molecule has 0 radical (unpaired) electrons. The van der Waals surface area contributed by atoms with Gasteiger partial charge in [0.05, 0.1) is 6.04 Å². The first kappa shape index (κ1) is 11.4. The predicted molar refractivity (Wildman–Crippen MR) is 56.4 cm³/mol. The number of nitrogens with one attached hydrogen (secondary N) is 2. The first-order valence-corrected chi connectivity index (χ1v) is 4.75. The molecule has 0 bridgehead atoms. The number of carbonyl (C=O) groups excluding carboxylic acids is 1. The maximum Gasteiger partial charge on any atom is 0.264 e. The van der Waals surface area contributed by atoms with Crippen LogP contribution in [0.3, 0.4) is 0 Å². The second kappa shape index (κ2) is 5.26. The Morgan fingerprint density at radius 1 is 1.67 bits per heavy atom. The van der Waals surface area contributed by atoms with Crippen LogP contribution in [0.4, 0.5) is 5.82 Å². The molecule has 6 heteroatoms. The molecule has 1 unspecified atom stereocenters. The van der Waals surface area contributed by atoms with E-state index in [-0.39, 0.29) is 11.5 Å². The summed E-state index contributed by atoms with van der Waals surface area (Å²) in [4.78, 5) is 22.1. The third kappa shape index (κ3) is 3.51. The number of anilines is 1. The molecule has 0 aromatic carbocycles. The smallest absolute Gasteiger partial charge is 0.264 e. The Balaban J connectivity index is 2.58. The second-order valence-corrected chi connectivity index (χ2v) is 3.19. The van der Waals surface area contributed by atoms with Gasteiger partial charge in [0.25, 0.3) is 5.56 Å². The quantitative estimate of drug-likeness (QED) is 0.642. The van der Waals surface area contributed by atoms with Gasteiger partial charge in [-0.05, 0) is 12.5 Å². The van der Waals surface area contributed by atoms with Crippen LogP contribution < -0.4 is 16.6 Å². The molecule has 0 aliphatic heterocycles. The molecule has 0 saturated carbocycles. The minimum Gasteiger partial charge on any atom is -0.320 e. The lowest BCUT2D eigenvalue weighted by molar-refractivity contribution is -0.117. The highest BCUT2D eigenvalue weighted by Gasteiger charge is 2.12. The molecule has 15 heavy (non-hydrogen) atoms. The Morgan fingerprint density at radius 2 is 2.40 bits per heavy atom. The van der Waals surface area contributed by atoms with Crippen LogP contribution in [-0.4, -0.2) is 22.1 Å². The lowest BCUT2D eigenvalue weighted by Gasteiger charge is -2.09. The Labute approximate surface area is 86.9 Å². The first-order valence-electron chi connectivity index (χ1n) is 4.75. The number of H-pyrrole nitrogens is 1. The van der Waals surface area contributed by atoms with Crippen LogP contribution in [0.1, 0.15) is 19.8 Å². The molecule has 1 aromatic heterocycles. The standard InChI is InChI=1S/C9H14N4O2/c1-2-3-6(10)9(15)11-7-4-5-8(14)13-12-7/h4-6H,2-3,10H2,1H3,(H,13,14)(H,11,12,15). The Bertz CT molecular complexity index is 367. The fourth-order valence-electron chi connectivity index (χ4n) is 1.08. The van der Waals surface area contributed by atoms with E-state index in [1.165, 1.54) is 12.1 Å². The minimum atomic E-state index is -0.538. The number of carbonyl (C=O) groups is 1. The Morgan fingerprint density at radius 3 is 2.93 bits per heavy atom. The zero-order valence-electron chi connectivity index (χ0n) is 8.49. The van der Waals surface area contributed by atoms with Crippen LogP contribution in [0.15, 0.2) is 16.9 Å². The van der Waals surface area contributed by atoms with E-state index in [9.17, 15) is 9.59 Å². The van der Waals surface area contributed by atoms with Gasteiger partial charge in [-0.15, -0.1) is 0 Å². The second-order valence-electron chi connectivity index (χ2n) is 3.19. The van der Waals surface area contributed by atoms with Crippen molar-refractivity contribution >= 4 is 11.7 Å². The topological polar surface area (TPSA) is 101 Å². The molecule has 1 rings (SSSR count). The third-order valence-electron chi connectivity index (χ3n) is 1.87. The summed E-state index contributed by atoms with van der Waals surface area (Å²) >= 11 is 0. The molecule has 1 heterocycles. The molecule has 0 aliphatic rings. The van der Waals surface area contributed by atoms with Crippen molar-refractivity contribution in [3.63, 3.8) is 0 Å². The molecule has 82 valence electrons. The normalized spacial score (nSPS) is 12.1. The van der Waals surface area contributed by atoms with Crippen molar-refractivity contribution in [1.29, 1.82) is 0 Å². The summed E-state index contributed by atoms with van der Waals surface area (Å²) in [6.07, 6.45) is 1.46. The van der Waals surface area contributed by atoms with E-state index < -0.39 is 6.04 Å². The van der Waals surface area contributed by atoms with Crippen molar-refractivity contribution in [3.8, 4) is 0 Å². The van der Waals surface area contributed by atoms with E-state index in [2.05, 4.69) is 15.5 Å². The molecule has 1 atom stereocenters. The molecule has 1 aromatic rings. The highest BCUT2D eigenvalue weighted by molar-refractivity contribution is 5.93. The summed E-state index contributed by atoms with van der Waals surface area (Å²) in [5.74, 6) is 0.00236. The molecule has 4 N–H and O–H groups in total. The van der Waals surface area contributed by atoms with Crippen molar-refractivity contribution in [2.45, 2.75) is 25.8 Å². The minimum absolute atomic E-state index is 0.295. The van der Waals surface area contributed by atoms with Crippen LogP contribution in [0, 0.1) is 0 Å². The average molecular weight is 210 g/mol. The van der Waals surface area contributed by atoms with Crippen LogP contribution in [0.25, 0.3) is 0 Å². The SMILES string of the molecule is CCCC(N)C(=O)Nc1ccc(=O)[nH]n1. The number of nitrogens with two attached hydrogens (primary N) is 1. The van der Waals surface area contributed by atoms with Crippen LogP contribution >= 0.6 is 0 Å². The summed E-state index contributed by atoms with van der Waals surface area (Å²) in [7, 11) is 0. The van der Waals surface area contributed by atoms with Gasteiger partial charge in [0, 0.05) is 6.07 Å². The summed E-state index contributed by atoms with van der Waals surface area (Å²) < 4.78 is 0. The molecule has 0 fully saturated rings. The van der Waals surface area contributed by atoms with Gasteiger partial charge in [-0.25, -0.2) is 5.10 Å². The fraction of sp³-hybridized carbons (Fsp3) is 0.444. The Hall–Kier alpha value is -1.69. The lowest BCUT2D eigenvalue weighted by atomic mass is 10.2. The summed E-state index contributed by atoms with van der Waals surface area (Å²) in [6.45, 7) is 1.95. The van der Waals surface area contributed by atoms with E-state index in [0.29, 0.717) is 12.2 Å². The van der Waals surface area contributed by atoms with Gasteiger partial charge in [0.2, 0.25) is 5.91 Å². The number of hydrogen-bond donors (Lipinski definition) is 3. The number of amides is 1. The van der Waals surface area contributed by atoms with Crippen LogP contribution in [-0.2, 0) is 4.79 Å². The molecular formula is C9H14N4O2. The van der Waals surface area contributed by atoms with Gasteiger partial charge in [-0.3, -0.25) is 9.59 Å². The number of nitrogens with zero attached hydrogens (tertiary/aromatic N) is 1. The van der Waals surface area contributed by atoms with Gasteiger partial charge in [-0.2, -0.15) is 5.10 Å². The van der Waals surface area contributed by atoms with Crippen molar-refractivity contribution < 1.29 is 4.79 Å². The molecule has 6 nitrogen and oxygen atoms in total. The van der Waals surface area contributed by atoms with Gasteiger partial charge in [0.15, 0.2) is 5.82 Å². The monoisotopic (exact) mass is 210 g/mol. The van der Waals surface area contributed by atoms with Crippen LogP contribution in [0.5, 0.6) is 0 Å². The highest BCUT2D eigenvalue weighted by Crippen LogP contribution is 2.00. The van der Waals surface area contributed by atoms with Crippen molar-refractivity contribution in [1.82, 2.24) is 10.2 Å². The van der Waals surface area contributed by atoms with Crippen LogP contribution in [0.2, 0.25) is 0 Å². The zero-order valence-corrected chi connectivity index (χ0v) is 8.49. The Kier molecular flexibility index (Phi) is 3.99. The highest BCUT2D eigenvalue weighted by atomic mass is 16.2. The number of aromatic nitrogens is 2. The summed E-state index contributed by atoms with van der Waals surface area (Å²) in [6, 6.07) is 2.17. The van der Waals surface area contributed by atoms with E-state index in [0.717, 1.165) is 6.42 Å².